The number of ether oxygens (including phenoxy) is 6. The first-order valence-corrected chi connectivity index (χ1v) is 40.6. The van der Waals surface area contributed by atoms with Gasteiger partial charge >= 0.3 is 0 Å². The zero-order valence-corrected chi connectivity index (χ0v) is 68.2. The number of carbonyl (C=O) groups is 1. The van der Waals surface area contributed by atoms with E-state index in [1.807, 2.05) is 31.1 Å². The van der Waals surface area contributed by atoms with E-state index in [0.29, 0.717) is 184 Å². The Morgan fingerprint density at radius 1 is 0.473 bits per heavy atom. The molecule has 8 aromatic heterocycles. The number of hydrogen-bond donors (Lipinski definition) is 7. The van der Waals surface area contributed by atoms with Crippen molar-refractivity contribution in [1.29, 1.82) is 0 Å². The number of anilines is 4. The Balaban J connectivity index is 0.000000117. The molecule has 0 unspecified atom stereocenters. The number of nitrogens with zero attached hydrogens (tertiary/aromatic N) is 9. The van der Waals surface area contributed by atoms with E-state index >= 15 is 0 Å². The van der Waals surface area contributed by atoms with Crippen LogP contribution in [-0.2, 0) is 35.2 Å². The van der Waals surface area contributed by atoms with Crippen molar-refractivity contribution >= 4 is 226 Å². The SMILES string of the molecule is C=C(NC1CCC1)c1cc2c(-c3c(Cl)cc(Cl)c4c3CCO4)nc(N)nc2s1.C=C(NC1COC1)c1cc2c(-c3c(Cl)cc(Cl)c4c3CCO4)nc(N)nc2s1.C=C(c1cc2c(-c3c(Cl)cc(Cl)c4c3CCO4)nc(N)nc2s1)N(C)C.COCCNC(=O)c1cc2c(-c3c(Cl)cc(Cl)c4c3CCO4)nc(N)nc2s1. The molecule has 4 aromatic carbocycles. The van der Waals surface area contributed by atoms with E-state index < -0.39 is 0 Å². The Kier molecular flexibility index (Phi) is 22.5. The third-order valence-corrected chi connectivity index (χ3v) is 25.5. The topological polar surface area (TPSA) is 319 Å². The van der Waals surface area contributed by atoms with Crippen molar-refractivity contribution in [2.45, 2.75) is 57.0 Å². The Labute approximate surface area is 686 Å². The smallest absolute Gasteiger partial charge is 0.261 e. The Hall–Kier alpha value is -8.23. The van der Waals surface area contributed by atoms with E-state index in [1.165, 1.54) is 53.3 Å². The van der Waals surface area contributed by atoms with Crippen molar-refractivity contribution in [2.75, 3.05) is 96.9 Å². The summed E-state index contributed by atoms with van der Waals surface area (Å²) in [6.45, 7) is 16.9. The van der Waals surface area contributed by atoms with Gasteiger partial charge in [-0.15, -0.1) is 45.3 Å². The largest absolute Gasteiger partial charge is 0.491 e. The molecule has 2 fully saturated rings. The second-order valence-corrected chi connectivity index (χ2v) is 33.6. The van der Waals surface area contributed by atoms with Crippen LogP contribution in [0.2, 0.25) is 40.2 Å². The number of rotatable bonds is 16. The molecule has 1 aliphatic carbocycles. The number of fused-ring (bicyclic) bond motifs is 8. The maximum Gasteiger partial charge on any atom is 0.261 e. The maximum atomic E-state index is 12.4. The van der Waals surface area contributed by atoms with Gasteiger partial charge in [0.05, 0.1) is 135 Å². The van der Waals surface area contributed by atoms with Gasteiger partial charge in [0.15, 0.2) is 0 Å². The number of thiophene rings is 4. The highest BCUT2D eigenvalue weighted by Gasteiger charge is 2.33. The van der Waals surface area contributed by atoms with Gasteiger partial charge in [-0.3, -0.25) is 4.79 Å². The number of aromatic nitrogens is 8. The first-order chi connectivity index (χ1) is 52.9. The van der Waals surface area contributed by atoms with Crippen molar-refractivity contribution in [3.05, 3.63) is 150 Å². The minimum absolute atomic E-state index is 0.106. The van der Waals surface area contributed by atoms with E-state index in [4.69, 9.17) is 144 Å². The number of hydrogen-bond acceptors (Lipinski definition) is 26. The molecule has 12 aromatic rings. The third-order valence-electron chi connectivity index (χ3n) is 18.9. The van der Waals surface area contributed by atoms with E-state index in [0.717, 1.165) is 114 Å². The molecule has 568 valence electrons. The second kappa shape index (κ2) is 32.1. The summed E-state index contributed by atoms with van der Waals surface area (Å²) >= 11 is 57.3. The van der Waals surface area contributed by atoms with Crippen LogP contribution in [0.15, 0.2) is 68.3 Å². The van der Waals surface area contributed by atoms with Gasteiger partial charge in [-0.2, -0.15) is 0 Å². The molecule has 0 radical (unpaired) electrons. The van der Waals surface area contributed by atoms with E-state index in [2.05, 4.69) is 81.6 Å². The van der Waals surface area contributed by atoms with E-state index in [9.17, 15) is 4.79 Å². The van der Waals surface area contributed by atoms with Gasteiger partial charge in [-0.1, -0.05) is 113 Å². The van der Waals surface area contributed by atoms with Crippen LogP contribution >= 0.6 is 138 Å². The van der Waals surface area contributed by atoms with Crippen LogP contribution in [0.5, 0.6) is 23.0 Å². The third kappa shape index (κ3) is 15.2. The number of benzene rings is 4. The number of nitrogens with one attached hydrogen (secondary N) is 3. The molecule has 23 nitrogen and oxygen atoms in total. The molecule has 0 spiro atoms. The predicted molar refractivity (Wildman–Crippen MR) is 449 cm³/mol. The molecule has 0 bridgehead atoms. The minimum atomic E-state index is -0.208. The molecule has 35 heteroatoms. The van der Waals surface area contributed by atoms with Crippen LogP contribution < -0.4 is 57.8 Å². The van der Waals surface area contributed by atoms with Gasteiger partial charge in [-0.05, 0) is 67.8 Å². The Morgan fingerprint density at radius 3 is 1.10 bits per heavy atom. The van der Waals surface area contributed by atoms with Gasteiger partial charge < -0.3 is 72.2 Å². The lowest BCUT2D eigenvalue weighted by Gasteiger charge is -2.28. The van der Waals surface area contributed by atoms with Crippen LogP contribution in [0.25, 0.3) is 103 Å². The molecule has 0 atom stereocenters. The predicted octanol–water partition coefficient (Wildman–Crippen LogP) is 17.7. The Bertz CT molecular complexity index is 5610. The average Bonchev–Trinajstić information content (AvgIpc) is 1.57. The number of nitrogen functional groups attached to an aromatic ring is 4. The van der Waals surface area contributed by atoms with Crippen LogP contribution in [0.3, 0.4) is 0 Å². The number of amides is 1. The molecule has 1 saturated carbocycles. The zero-order chi connectivity index (χ0) is 77.2. The fraction of sp³-hybridized carbons (Fsp3) is 0.267. The summed E-state index contributed by atoms with van der Waals surface area (Å²) in [6, 6.07) is 15.4. The summed E-state index contributed by atoms with van der Waals surface area (Å²) < 4.78 is 32.9. The van der Waals surface area contributed by atoms with Crippen molar-refractivity contribution < 1.29 is 33.2 Å². The lowest BCUT2D eigenvalue weighted by atomic mass is 9.93. The molecule has 110 heavy (non-hydrogen) atoms. The first-order valence-electron chi connectivity index (χ1n) is 34.4. The van der Waals surface area contributed by atoms with Gasteiger partial charge in [0, 0.05) is 143 Å². The number of methoxy groups -OCH3 is 1. The second-order valence-electron chi connectivity index (χ2n) is 26.2. The summed E-state index contributed by atoms with van der Waals surface area (Å²) in [7, 11) is 5.48. The lowest BCUT2D eigenvalue weighted by molar-refractivity contribution is 0.00212. The van der Waals surface area contributed by atoms with Crippen LogP contribution in [0.4, 0.5) is 23.8 Å². The fourth-order valence-electron chi connectivity index (χ4n) is 13.4. The number of nitrogens with two attached hydrogens (primary N) is 4. The van der Waals surface area contributed by atoms with Crippen molar-refractivity contribution in [3.63, 3.8) is 0 Å². The summed E-state index contributed by atoms with van der Waals surface area (Å²) in [5.41, 5.74) is 36.2. The van der Waals surface area contributed by atoms with Gasteiger partial charge in [0.2, 0.25) is 23.8 Å². The van der Waals surface area contributed by atoms with Crippen LogP contribution in [0, 0.1) is 0 Å². The summed E-state index contributed by atoms with van der Waals surface area (Å²) in [4.78, 5) is 56.4. The van der Waals surface area contributed by atoms with Crippen molar-refractivity contribution in [3.8, 4) is 68.0 Å². The highest BCUT2D eigenvalue weighted by Crippen LogP contribution is 2.52. The highest BCUT2D eigenvalue weighted by molar-refractivity contribution is 7.21. The molecule has 18 rings (SSSR count). The van der Waals surface area contributed by atoms with E-state index in [-0.39, 0.29) is 29.7 Å². The zero-order valence-electron chi connectivity index (χ0n) is 58.9. The van der Waals surface area contributed by atoms with E-state index in [1.54, 1.807) is 48.8 Å². The average molecular weight is 1720 g/mol. The van der Waals surface area contributed by atoms with Crippen molar-refractivity contribution in [1.82, 2.24) is 60.7 Å². The molecular weight excluding hydrogens is 1650 g/mol. The highest BCUT2D eigenvalue weighted by atomic mass is 35.5. The monoisotopic (exact) mass is 1710 g/mol. The minimum Gasteiger partial charge on any atom is -0.491 e. The number of carbonyl (C=O) groups excluding carboxylic acids is 1. The molecular formula is C75H66Cl8N16O7S4. The molecule has 6 aliphatic rings. The first kappa shape index (κ1) is 77.1. The normalized spacial score (nSPS) is 14.4. The molecule has 1 amide bonds. The molecule has 5 aliphatic heterocycles. The van der Waals surface area contributed by atoms with Crippen molar-refractivity contribution in [2.24, 2.45) is 0 Å². The summed E-state index contributed by atoms with van der Waals surface area (Å²) in [5.74, 6) is 3.14. The fourth-order valence-corrected chi connectivity index (χ4v) is 19.9. The number of halogens is 8. The molecule has 13 heterocycles. The van der Waals surface area contributed by atoms with Gasteiger partial charge in [-0.25, -0.2) is 39.9 Å². The quantitative estimate of drug-likeness (QED) is 0.0442. The van der Waals surface area contributed by atoms with Gasteiger partial charge in [0.1, 0.15) is 42.3 Å². The lowest BCUT2D eigenvalue weighted by Crippen LogP contribution is -2.44. The standard InChI is InChI=1S/C20H18Cl2N4OS.C19H16Cl2N4O2S.C18H16Cl2N4O3S.C18H16Cl2N4OS/c1-9(24-10-3-2-4-10)15-7-12-17(25-20(23)26-19(12)28-15)16-11-5-6-27-18(11)14(22)8-13(16)21;1-8(23-9-6-26-7-9)14-4-11-16(24-19(22)25-18(11)28-14)15-10-2-3-27-17(10)13(21)5-12(15)20;1-26-5-3-22-16(25)12-6-9-14(23-18(21)24-17(9)28-12)13-8-2-4-27-15(8)11(20)7-10(13)19;1-8(24(2)3)13-6-10-15(22-18(21)23-17(10)26-13)14-9-4-5-25-16(9)12(20)7-11(14)19/h7-8,10,24H,1-6H2,(H2,23,25,26);4-5,9,23H,1-3,6-7H2,(H2,22,24,25);6-7H,2-5H2,1H3,(H,22,25)(H2,21,23,24);6-7H,1,4-5H2,2-3H3,(H2,21,22,23). The van der Waals surface area contributed by atoms with Crippen LogP contribution in [-0.4, -0.2) is 137 Å². The summed E-state index contributed by atoms with van der Waals surface area (Å²) in [6.07, 6.45) is 6.46. The molecule has 11 N–H and O–H groups in total. The van der Waals surface area contributed by atoms with Crippen LogP contribution in [0.1, 0.15) is 65.8 Å². The summed E-state index contributed by atoms with van der Waals surface area (Å²) in [5, 5.41) is 17.1. The van der Waals surface area contributed by atoms with Gasteiger partial charge in [0.25, 0.3) is 5.91 Å². The maximum absolute atomic E-state index is 12.4. The molecule has 1 saturated heterocycles. The Morgan fingerprint density at radius 2 is 0.791 bits per heavy atom.